The normalized spacial score (nSPS) is 11.3. The molecule has 0 saturated heterocycles. The zero-order valence-corrected chi connectivity index (χ0v) is 12.3. The minimum Gasteiger partial charge on any atom is -0.380 e. The molecule has 0 radical (unpaired) electrons. The van der Waals surface area contributed by atoms with Crippen molar-refractivity contribution < 1.29 is 8.42 Å². The van der Waals surface area contributed by atoms with Gasteiger partial charge in [-0.15, -0.1) is 11.3 Å². The monoisotopic (exact) mass is 297 g/mol. The average molecular weight is 297 g/mol. The lowest BCUT2D eigenvalue weighted by molar-refractivity contribution is 0.607. The standard InChI is InChI=1S/C12H15N3O2S2/c1-9-13-7-12(18-9)8-14-10-4-3-5-11(6-10)15-19(2,16)17/h3-7,14-15H,8H2,1-2H3. The molecule has 0 fully saturated rings. The zero-order valence-electron chi connectivity index (χ0n) is 10.7. The number of hydrogen-bond donors (Lipinski definition) is 2. The van der Waals surface area contributed by atoms with Crippen molar-refractivity contribution in [3.63, 3.8) is 0 Å². The van der Waals surface area contributed by atoms with E-state index in [0.717, 1.165) is 21.8 Å². The first-order valence-electron chi connectivity index (χ1n) is 5.65. The summed E-state index contributed by atoms with van der Waals surface area (Å²) in [6, 6.07) is 7.16. The summed E-state index contributed by atoms with van der Waals surface area (Å²) in [5, 5.41) is 4.27. The Morgan fingerprint density at radius 2 is 2.05 bits per heavy atom. The second-order valence-electron chi connectivity index (χ2n) is 4.15. The molecule has 0 aliphatic carbocycles. The Morgan fingerprint density at radius 3 is 2.68 bits per heavy atom. The Labute approximate surface area is 116 Å². The van der Waals surface area contributed by atoms with Crippen molar-refractivity contribution in [3.05, 3.63) is 40.3 Å². The number of nitrogens with one attached hydrogen (secondary N) is 2. The highest BCUT2D eigenvalue weighted by molar-refractivity contribution is 7.92. The number of thiazole rings is 1. The van der Waals surface area contributed by atoms with Crippen molar-refractivity contribution in [1.29, 1.82) is 0 Å². The summed E-state index contributed by atoms with van der Waals surface area (Å²) in [5.74, 6) is 0. The van der Waals surface area contributed by atoms with Gasteiger partial charge < -0.3 is 5.32 Å². The van der Waals surface area contributed by atoms with Crippen LogP contribution >= 0.6 is 11.3 Å². The fourth-order valence-corrected chi connectivity index (χ4v) is 2.87. The molecular formula is C12H15N3O2S2. The first-order chi connectivity index (χ1) is 8.92. The van der Waals surface area contributed by atoms with Crippen molar-refractivity contribution in [2.45, 2.75) is 13.5 Å². The maximum Gasteiger partial charge on any atom is 0.229 e. The van der Waals surface area contributed by atoms with Crippen LogP contribution in [0, 0.1) is 6.92 Å². The third-order valence-corrected chi connectivity index (χ3v) is 3.82. The second-order valence-corrected chi connectivity index (χ2v) is 7.22. The molecule has 2 N–H and O–H groups in total. The van der Waals surface area contributed by atoms with Gasteiger partial charge >= 0.3 is 0 Å². The number of benzene rings is 1. The summed E-state index contributed by atoms with van der Waals surface area (Å²) in [5.41, 5.74) is 1.41. The predicted molar refractivity (Wildman–Crippen MR) is 79.1 cm³/mol. The van der Waals surface area contributed by atoms with E-state index in [1.807, 2.05) is 19.2 Å². The van der Waals surface area contributed by atoms with Crippen LogP contribution in [0.2, 0.25) is 0 Å². The molecule has 2 rings (SSSR count). The van der Waals surface area contributed by atoms with E-state index in [4.69, 9.17) is 0 Å². The first-order valence-corrected chi connectivity index (χ1v) is 8.36. The maximum absolute atomic E-state index is 11.2. The molecule has 0 unspecified atom stereocenters. The molecule has 0 aliphatic heterocycles. The van der Waals surface area contributed by atoms with Crippen LogP contribution < -0.4 is 10.0 Å². The molecule has 0 saturated carbocycles. The Morgan fingerprint density at radius 1 is 1.32 bits per heavy atom. The third-order valence-electron chi connectivity index (χ3n) is 2.30. The molecule has 1 heterocycles. The molecule has 0 spiro atoms. The van der Waals surface area contributed by atoms with Crippen LogP contribution in [0.3, 0.4) is 0 Å². The van der Waals surface area contributed by atoms with E-state index in [0.29, 0.717) is 12.2 Å². The number of sulfonamides is 1. The summed E-state index contributed by atoms with van der Waals surface area (Å²) in [6.45, 7) is 2.64. The maximum atomic E-state index is 11.2. The van der Waals surface area contributed by atoms with E-state index in [1.54, 1.807) is 29.5 Å². The van der Waals surface area contributed by atoms with Gasteiger partial charge in [-0.05, 0) is 25.1 Å². The molecule has 0 bridgehead atoms. The Hall–Kier alpha value is -1.60. The number of rotatable bonds is 5. The molecule has 1 aromatic carbocycles. The first kappa shape index (κ1) is 13.8. The lowest BCUT2D eigenvalue weighted by Crippen LogP contribution is -2.09. The lowest BCUT2D eigenvalue weighted by atomic mass is 10.3. The fraction of sp³-hybridized carbons (Fsp3) is 0.250. The fourth-order valence-electron chi connectivity index (χ4n) is 1.58. The van der Waals surface area contributed by atoms with Gasteiger partial charge in [0.1, 0.15) is 0 Å². The molecule has 0 atom stereocenters. The quantitative estimate of drug-likeness (QED) is 0.889. The van der Waals surface area contributed by atoms with Crippen molar-refractivity contribution in [2.75, 3.05) is 16.3 Å². The largest absolute Gasteiger partial charge is 0.380 e. The van der Waals surface area contributed by atoms with Crippen LogP contribution in [0.25, 0.3) is 0 Å². The summed E-state index contributed by atoms with van der Waals surface area (Å²) < 4.78 is 24.8. The summed E-state index contributed by atoms with van der Waals surface area (Å²) in [7, 11) is -3.24. The van der Waals surface area contributed by atoms with Crippen molar-refractivity contribution in [1.82, 2.24) is 4.98 Å². The van der Waals surface area contributed by atoms with Gasteiger partial charge in [-0.1, -0.05) is 6.07 Å². The van der Waals surface area contributed by atoms with E-state index in [-0.39, 0.29) is 0 Å². The van der Waals surface area contributed by atoms with E-state index in [2.05, 4.69) is 15.0 Å². The van der Waals surface area contributed by atoms with Gasteiger partial charge in [0.05, 0.1) is 23.5 Å². The topological polar surface area (TPSA) is 71.1 Å². The van der Waals surface area contributed by atoms with Gasteiger partial charge in [-0.3, -0.25) is 4.72 Å². The molecule has 1 aromatic heterocycles. The molecule has 0 aliphatic rings. The smallest absolute Gasteiger partial charge is 0.229 e. The molecule has 7 heteroatoms. The number of nitrogens with zero attached hydrogens (tertiary/aromatic N) is 1. The highest BCUT2D eigenvalue weighted by Crippen LogP contribution is 2.18. The average Bonchev–Trinajstić information content (AvgIpc) is 2.71. The highest BCUT2D eigenvalue weighted by atomic mass is 32.2. The molecular weight excluding hydrogens is 282 g/mol. The van der Waals surface area contributed by atoms with E-state index in [9.17, 15) is 8.42 Å². The van der Waals surface area contributed by atoms with Gasteiger partial charge in [0, 0.05) is 16.8 Å². The Balaban J connectivity index is 2.03. The minimum absolute atomic E-state index is 0.549. The van der Waals surface area contributed by atoms with Gasteiger partial charge in [0.2, 0.25) is 10.0 Å². The van der Waals surface area contributed by atoms with Crippen LogP contribution in [0.1, 0.15) is 9.88 Å². The van der Waals surface area contributed by atoms with Gasteiger partial charge in [0.15, 0.2) is 0 Å². The highest BCUT2D eigenvalue weighted by Gasteiger charge is 2.03. The van der Waals surface area contributed by atoms with Gasteiger partial charge in [-0.25, -0.2) is 13.4 Å². The zero-order chi connectivity index (χ0) is 13.9. The van der Waals surface area contributed by atoms with E-state index in [1.165, 1.54) is 0 Å². The molecule has 2 aromatic rings. The molecule has 102 valence electrons. The lowest BCUT2D eigenvalue weighted by Gasteiger charge is -2.08. The van der Waals surface area contributed by atoms with Crippen LogP contribution in [-0.4, -0.2) is 19.7 Å². The van der Waals surface area contributed by atoms with Crippen molar-refractivity contribution in [3.8, 4) is 0 Å². The summed E-state index contributed by atoms with van der Waals surface area (Å²) in [4.78, 5) is 5.32. The SMILES string of the molecule is Cc1ncc(CNc2cccc(NS(C)(=O)=O)c2)s1. The minimum atomic E-state index is -3.24. The third kappa shape index (κ3) is 4.53. The van der Waals surface area contributed by atoms with E-state index < -0.39 is 10.0 Å². The second kappa shape index (κ2) is 5.58. The van der Waals surface area contributed by atoms with Crippen LogP contribution in [0.4, 0.5) is 11.4 Å². The summed E-state index contributed by atoms with van der Waals surface area (Å²) >= 11 is 1.64. The predicted octanol–water partition coefficient (Wildman–Crippen LogP) is 2.44. The van der Waals surface area contributed by atoms with Crippen LogP contribution in [0.15, 0.2) is 30.5 Å². The number of anilines is 2. The van der Waals surface area contributed by atoms with Gasteiger partial charge in [0.25, 0.3) is 0 Å². The number of aryl methyl sites for hydroxylation is 1. The molecule has 19 heavy (non-hydrogen) atoms. The number of hydrogen-bond acceptors (Lipinski definition) is 5. The van der Waals surface area contributed by atoms with Gasteiger partial charge in [-0.2, -0.15) is 0 Å². The van der Waals surface area contributed by atoms with Crippen molar-refractivity contribution in [2.24, 2.45) is 0 Å². The van der Waals surface area contributed by atoms with Crippen LogP contribution in [0.5, 0.6) is 0 Å². The molecule has 0 amide bonds. The Kier molecular flexibility index (Phi) is 4.06. The summed E-state index contributed by atoms with van der Waals surface area (Å²) in [6.07, 6.45) is 2.97. The van der Waals surface area contributed by atoms with E-state index >= 15 is 0 Å². The van der Waals surface area contributed by atoms with Crippen LogP contribution in [-0.2, 0) is 16.6 Å². The molecule has 5 nitrogen and oxygen atoms in total. The Bertz CT molecular complexity index is 665. The number of aromatic nitrogens is 1. The van der Waals surface area contributed by atoms with Crippen molar-refractivity contribution >= 4 is 32.7 Å².